The largest absolute Gasteiger partial charge is 0.360 e. The molecule has 4 rings (SSSR count). The van der Waals surface area contributed by atoms with Crippen LogP contribution in [-0.4, -0.2) is 60.8 Å². The van der Waals surface area contributed by atoms with E-state index in [1.807, 2.05) is 7.05 Å². The monoisotopic (exact) mass is 374 g/mol. The standard InChI is InChI=1S/C18H19FN4O2S/c1-22-6-8-23(9-7-22)26(24,25)18-5-2-13(11-21-18)16-12-20-17-10-14(19)3-4-15(16)17/h2-5,10-12,20H,6-9H2,1H3. The van der Waals surface area contributed by atoms with Crippen LogP contribution in [0.15, 0.2) is 47.8 Å². The van der Waals surface area contributed by atoms with Gasteiger partial charge in [-0.05, 0) is 37.4 Å². The summed E-state index contributed by atoms with van der Waals surface area (Å²) < 4.78 is 40.3. The third kappa shape index (κ3) is 3.00. The van der Waals surface area contributed by atoms with Crippen molar-refractivity contribution in [2.24, 2.45) is 0 Å². The fourth-order valence-corrected chi connectivity index (χ4v) is 4.52. The predicted molar refractivity (Wildman–Crippen MR) is 97.7 cm³/mol. The highest BCUT2D eigenvalue weighted by Gasteiger charge is 2.28. The first-order valence-corrected chi connectivity index (χ1v) is 9.81. The minimum absolute atomic E-state index is 0.0525. The fourth-order valence-electron chi connectivity index (χ4n) is 3.19. The summed E-state index contributed by atoms with van der Waals surface area (Å²) in [5.41, 5.74) is 2.32. The van der Waals surface area contributed by atoms with E-state index >= 15 is 0 Å². The van der Waals surface area contributed by atoms with E-state index in [-0.39, 0.29) is 10.8 Å². The Labute approximate surface area is 151 Å². The minimum atomic E-state index is -3.58. The van der Waals surface area contributed by atoms with Crippen molar-refractivity contribution in [1.29, 1.82) is 0 Å². The lowest BCUT2D eigenvalue weighted by molar-refractivity contribution is 0.222. The van der Waals surface area contributed by atoms with Crippen molar-refractivity contribution < 1.29 is 12.8 Å². The Hall–Kier alpha value is -2.29. The lowest BCUT2D eigenvalue weighted by Crippen LogP contribution is -2.47. The van der Waals surface area contributed by atoms with E-state index in [1.54, 1.807) is 24.5 Å². The van der Waals surface area contributed by atoms with E-state index in [9.17, 15) is 12.8 Å². The third-order valence-electron chi connectivity index (χ3n) is 4.76. The van der Waals surface area contributed by atoms with Gasteiger partial charge >= 0.3 is 0 Å². The van der Waals surface area contributed by atoms with Crippen molar-refractivity contribution in [3.05, 3.63) is 48.5 Å². The van der Waals surface area contributed by atoms with Crippen molar-refractivity contribution in [1.82, 2.24) is 19.2 Å². The highest BCUT2D eigenvalue weighted by Crippen LogP contribution is 2.29. The molecule has 3 heterocycles. The van der Waals surface area contributed by atoms with Crippen LogP contribution in [0, 0.1) is 5.82 Å². The van der Waals surface area contributed by atoms with Crippen LogP contribution in [-0.2, 0) is 10.0 Å². The zero-order valence-electron chi connectivity index (χ0n) is 14.3. The number of pyridine rings is 1. The first kappa shape index (κ1) is 17.1. The molecule has 0 unspecified atom stereocenters. The summed E-state index contributed by atoms with van der Waals surface area (Å²) in [7, 11) is -1.60. The molecular weight excluding hydrogens is 355 g/mol. The number of nitrogens with zero attached hydrogens (tertiary/aromatic N) is 3. The van der Waals surface area contributed by atoms with Crippen LogP contribution < -0.4 is 0 Å². The number of hydrogen-bond acceptors (Lipinski definition) is 4. The molecule has 136 valence electrons. The first-order chi connectivity index (χ1) is 12.4. The van der Waals surface area contributed by atoms with Crippen LogP contribution in [0.4, 0.5) is 4.39 Å². The Kier molecular flexibility index (Phi) is 4.26. The van der Waals surface area contributed by atoms with E-state index in [0.717, 1.165) is 16.5 Å². The molecule has 0 amide bonds. The van der Waals surface area contributed by atoms with Gasteiger partial charge in [0.05, 0.1) is 0 Å². The number of halogens is 1. The van der Waals surface area contributed by atoms with Crippen LogP contribution >= 0.6 is 0 Å². The van der Waals surface area contributed by atoms with Crippen LogP contribution in [0.1, 0.15) is 0 Å². The van der Waals surface area contributed by atoms with Gasteiger partial charge in [-0.25, -0.2) is 17.8 Å². The van der Waals surface area contributed by atoms with E-state index in [2.05, 4.69) is 14.9 Å². The lowest BCUT2D eigenvalue weighted by Gasteiger charge is -2.31. The second kappa shape index (κ2) is 6.46. The number of sulfonamides is 1. The fraction of sp³-hybridized carbons (Fsp3) is 0.278. The molecule has 2 aromatic heterocycles. The van der Waals surface area contributed by atoms with Crippen molar-refractivity contribution in [2.75, 3.05) is 33.2 Å². The number of piperazine rings is 1. The molecule has 26 heavy (non-hydrogen) atoms. The molecule has 0 aliphatic carbocycles. The number of benzene rings is 1. The number of rotatable bonds is 3. The Morgan fingerprint density at radius 2 is 1.88 bits per heavy atom. The van der Waals surface area contributed by atoms with Crippen molar-refractivity contribution in [2.45, 2.75) is 5.03 Å². The maximum Gasteiger partial charge on any atom is 0.260 e. The Bertz CT molecular complexity index is 1040. The van der Waals surface area contributed by atoms with Gasteiger partial charge in [-0.3, -0.25) is 0 Å². The number of hydrogen-bond donors (Lipinski definition) is 1. The van der Waals surface area contributed by atoms with E-state index < -0.39 is 10.0 Å². The highest BCUT2D eigenvalue weighted by molar-refractivity contribution is 7.89. The van der Waals surface area contributed by atoms with Crippen LogP contribution in [0.2, 0.25) is 0 Å². The van der Waals surface area contributed by atoms with Gasteiger partial charge in [0, 0.05) is 60.6 Å². The quantitative estimate of drug-likeness (QED) is 0.764. The molecular formula is C18H19FN4O2S. The number of fused-ring (bicyclic) bond motifs is 1. The number of H-pyrrole nitrogens is 1. The zero-order chi connectivity index (χ0) is 18.3. The summed E-state index contributed by atoms with van der Waals surface area (Å²) in [4.78, 5) is 9.32. The minimum Gasteiger partial charge on any atom is -0.360 e. The number of aromatic nitrogens is 2. The lowest BCUT2D eigenvalue weighted by atomic mass is 10.1. The van der Waals surface area contributed by atoms with E-state index in [0.29, 0.717) is 31.7 Å². The highest BCUT2D eigenvalue weighted by atomic mass is 32.2. The summed E-state index contributed by atoms with van der Waals surface area (Å²) in [5, 5.41) is 0.916. The predicted octanol–water partition coefficient (Wildman–Crippen LogP) is 2.31. The summed E-state index contributed by atoms with van der Waals surface area (Å²) in [6.07, 6.45) is 3.32. The molecule has 8 heteroatoms. The molecule has 1 saturated heterocycles. The molecule has 0 radical (unpaired) electrons. The average Bonchev–Trinajstić information content (AvgIpc) is 3.05. The zero-order valence-corrected chi connectivity index (χ0v) is 15.1. The summed E-state index contributed by atoms with van der Waals surface area (Å²) in [6, 6.07) is 7.80. The van der Waals surface area contributed by atoms with Crippen molar-refractivity contribution in [3.63, 3.8) is 0 Å². The second-order valence-corrected chi connectivity index (χ2v) is 8.37. The number of aromatic amines is 1. The van der Waals surface area contributed by atoms with Gasteiger partial charge in [-0.2, -0.15) is 4.31 Å². The molecule has 6 nitrogen and oxygen atoms in total. The Morgan fingerprint density at radius 3 is 2.58 bits per heavy atom. The topological polar surface area (TPSA) is 69.3 Å². The summed E-state index contributed by atoms with van der Waals surface area (Å²) in [6.45, 7) is 2.36. The first-order valence-electron chi connectivity index (χ1n) is 8.37. The van der Waals surface area contributed by atoms with Crippen molar-refractivity contribution >= 4 is 20.9 Å². The molecule has 0 bridgehead atoms. The summed E-state index contributed by atoms with van der Waals surface area (Å²) in [5.74, 6) is -0.308. The molecule has 3 aromatic rings. The van der Waals surface area contributed by atoms with Gasteiger partial charge in [-0.1, -0.05) is 0 Å². The van der Waals surface area contributed by atoms with Gasteiger partial charge < -0.3 is 9.88 Å². The molecule has 0 saturated carbocycles. The molecule has 1 aliphatic heterocycles. The molecule has 1 N–H and O–H groups in total. The van der Waals surface area contributed by atoms with Crippen LogP contribution in [0.25, 0.3) is 22.0 Å². The van der Waals surface area contributed by atoms with Gasteiger partial charge in [0.1, 0.15) is 5.82 Å². The van der Waals surface area contributed by atoms with Gasteiger partial charge in [0.15, 0.2) is 5.03 Å². The Balaban J connectivity index is 1.64. The second-order valence-electron chi connectivity index (χ2n) is 6.48. The molecule has 1 aliphatic rings. The third-order valence-corrected chi connectivity index (χ3v) is 6.57. The maximum atomic E-state index is 13.3. The number of likely N-dealkylation sites (N-methyl/N-ethyl adjacent to an activating group) is 1. The smallest absolute Gasteiger partial charge is 0.260 e. The molecule has 1 fully saturated rings. The van der Waals surface area contributed by atoms with Gasteiger partial charge in [0.2, 0.25) is 0 Å². The SMILES string of the molecule is CN1CCN(S(=O)(=O)c2ccc(-c3c[nH]c4cc(F)ccc34)cn2)CC1. The van der Waals surface area contributed by atoms with Crippen LogP contribution in [0.3, 0.4) is 0 Å². The van der Waals surface area contributed by atoms with Crippen LogP contribution in [0.5, 0.6) is 0 Å². The van der Waals surface area contributed by atoms with Crippen molar-refractivity contribution in [3.8, 4) is 11.1 Å². The maximum absolute atomic E-state index is 13.3. The average molecular weight is 374 g/mol. The normalized spacial score (nSPS) is 17.0. The molecule has 1 aromatic carbocycles. The van der Waals surface area contributed by atoms with E-state index in [1.165, 1.54) is 22.5 Å². The number of nitrogens with one attached hydrogen (secondary N) is 1. The molecule has 0 atom stereocenters. The molecule has 0 spiro atoms. The summed E-state index contributed by atoms with van der Waals surface area (Å²) >= 11 is 0. The van der Waals surface area contributed by atoms with Gasteiger partial charge in [0.25, 0.3) is 10.0 Å². The van der Waals surface area contributed by atoms with Gasteiger partial charge in [-0.15, -0.1) is 0 Å². The Morgan fingerprint density at radius 1 is 1.12 bits per heavy atom. The van der Waals surface area contributed by atoms with E-state index in [4.69, 9.17) is 0 Å².